The molecule has 0 aliphatic rings. The van der Waals surface area contributed by atoms with Crippen LogP contribution in [0, 0.1) is 5.92 Å². The van der Waals surface area contributed by atoms with Crippen molar-refractivity contribution in [1.82, 2.24) is 5.32 Å². The fourth-order valence-corrected chi connectivity index (χ4v) is 0.647. The van der Waals surface area contributed by atoms with Crippen LogP contribution in [0.5, 0.6) is 0 Å². The minimum absolute atomic E-state index is 0.244. The maximum atomic E-state index is 10.6. The molecule has 0 aromatic carbocycles. The Hall–Kier alpha value is -0.620. The molecule has 0 aromatic rings. The highest BCUT2D eigenvalue weighted by Gasteiger charge is 2.01. The largest absolute Gasteiger partial charge is 0.771 e. The second kappa shape index (κ2) is 5.96. The third-order valence-corrected chi connectivity index (χ3v) is 1.26. The molecular weight excluding hydrogens is 182 g/mol. The lowest BCUT2D eigenvalue weighted by atomic mass is 10.2. The molecule has 0 aliphatic heterocycles. The molecule has 0 fully saturated rings. The Kier molecular flexibility index (Phi) is 5.65. The molecule has 0 aliphatic carbocycles. The fraction of sp³-hybridized carbons (Fsp3) is 0.833. The average Bonchev–Trinajstić information content (AvgIpc) is 1.96. The maximum absolute atomic E-state index is 10.6. The van der Waals surface area contributed by atoms with Crippen molar-refractivity contribution in [3.63, 3.8) is 0 Å². The Morgan fingerprint density at radius 3 is 2.67 bits per heavy atom. The lowest BCUT2D eigenvalue weighted by Gasteiger charge is -2.09. The summed E-state index contributed by atoms with van der Waals surface area (Å²) >= 11 is -2.26. The molecule has 1 unspecified atom stereocenters. The van der Waals surface area contributed by atoms with Crippen LogP contribution < -0.4 is 5.32 Å². The van der Waals surface area contributed by atoms with E-state index in [4.69, 9.17) is 0 Å². The molecule has 0 saturated heterocycles. The molecule has 0 bridgehead atoms. The Bertz CT molecular complexity index is 171. The first kappa shape index (κ1) is 11.4. The van der Waals surface area contributed by atoms with Gasteiger partial charge in [0.25, 0.3) is 0 Å². The van der Waals surface area contributed by atoms with Crippen LogP contribution in [0.2, 0.25) is 0 Å². The quantitative estimate of drug-likeness (QED) is 0.649. The first-order valence-electron chi connectivity index (χ1n) is 3.49. The Morgan fingerprint density at radius 1 is 1.67 bits per heavy atom. The van der Waals surface area contributed by atoms with Gasteiger partial charge in [0, 0.05) is 0 Å². The summed E-state index contributed by atoms with van der Waals surface area (Å²) in [6.07, 6.45) is -0.701. The highest BCUT2D eigenvalue weighted by molar-refractivity contribution is 7.79. The number of hydrogen-bond acceptors (Lipinski definition) is 4. The zero-order chi connectivity index (χ0) is 9.56. The summed E-state index contributed by atoms with van der Waals surface area (Å²) in [5.74, 6) is -0.162. The summed E-state index contributed by atoms with van der Waals surface area (Å²) in [5, 5.41) is 2.06. The molecule has 1 atom stereocenters. The Balaban J connectivity index is 3.40. The Morgan fingerprint density at radius 2 is 2.25 bits per heavy atom. The number of rotatable bonds is 4. The summed E-state index contributed by atoms with van der Waals surface area (Å²) in [6.45, 7) is 4.06. The predicted octanol–water partition coefficient (Wildman–Crippen LogP) is 0.205. The van der Waals surface area contributed by atoms with Crippen molar-refractivity contribution in [3.8, 4) is 0 Å². The second-order valence-corrected chi connectivity index (χ2v) is 3.51. The fourth-order valence-electron chi connectivity index (χ4n) is 0.411. The number of carbonyl (C=O) groups is 1. The van der Waals surface area contributed by atoms with E-state index in [1.165, 1.54) is 0 Å². The van der Waals surface area contributed by atoms with Crippen molar-refractivity contribution in [2.45, 2.75) is 13.8 Å². The van der Waals surface area contributed by atoms with Gasteiger partial charge in [-0.15, -0.1) is 0 Å². The van der Waals surface area contributed by atoms with Gasteiger partial charge in [-0.05, 0) is 17.0 Å². The molecule has 1 amide bonds. The van der Waals surface area contributed by atoms with Crippen LogP contribution >= 0.6 is 0 Å². The van der Waals surface area contributed by atoms with Crippen molar-refractivity contribution in [3.05, 3.63) is 0 Å². The summed E-state index contributed by atoms with van der Waals surface area (Å²) in [6, 6.07) is 0. The van der Waals surface area contributed by atoms with E-state index in [1.807, 2.05) is 13.8 Å². The second-order valence-electron chi connectivity index (χ2n) is 2.62. The summed E-state index contributed by atoms with van der Waals surface area (Å²) in [5.41, 5.74) is 0. The number of alkyl carbamates (subject to hydrolysis) is 1. The molecule has 0 spiro atoms. The van der Waals surface area contributed by atoms with E-state index in [-0.39, 0.29) is 12.5 Å². The van der Waals surface area contributed by atoms with E-state index in [2.05, 4.69) is 10.1 Å². The van der Waals surface area contributed by atoms with Gasteiger partial charge in [0.2, 0.25) is 0 Å². The molecule has 0 heterocycles. The molecule has 5 nitrogen and oxygen atoms in total. The normalized spacial score (nSPS) is 12.7. The van der Waals surface area contributed by atoms with Crippen LogP contribution in [0.4, 0.5) is 4.79 Å². The molecule has 6 heteroatoms. The molecule has 1 N–H and O–H groups in total. The van der Waals surface area contributed by atoms with Crippen LogP contribution in [-0.2, 0) is 15.8 Å². The van der Waals surface area contributed by atoms with Crippen molar-refractivity contribution < 1.29 is 18.3 Å². The summed E-state index contributed by atoms with van der Waals surface area (Å²) in [7, 11) is 0. The standard InChI is InChI=1S/C6H13NO4S/c1-5(2)3-11-6(8)7-4-12(9)10/h5H,3-4H2,1-2H3,(H,7,8)(H,9,10)/p-1. The van der Waals surface area contributed by atoms with Crippen molar-refractivity contribution in [2.24, 2.45) is 5.92 Å². The minimum atomic E-state index is -2.26. The van der Waals surface area contributed by atoms with E-state index >= 15 is 0 Å². The van der Waals surface area contributed by atoms with Crippen molar-refractivity contribution in [1.29, 1.82) is 0 Å². The number of carbonyl (C=O) groups excluding carboxylic acids is 1. The average molecular weight is 194 g/mol. The van der Waals surface area contributed by atoms with Crippen LogP contribution in [0.15, 0.2) is 0 Å². The summed E-state index contributed by atoms with van der Waals surface area (Å²) in [4.78, 5) is 10.6. The van der Waals surface area contributed by atoms with E-state index in [0.717, 1.165) is 0 Å². The van der Waals surface area contributed by atoms with Gasteiger partial charge in [-0.3, -0.25) is 4.21 Å². The van der Waals surface area contributed by atoms with Gasteiger partial charge in [0.05, 0.1) is 12.5 Å². The minimum Gasteiger partial charge on any atom is -0.771 e. The van der Waals surface area contributed by atoms with Gasteiger partial charge in [0.15, 0.2) is 0 Å². The predicted molar refractivity (Wildman–Crippen MR) is 43.1 cm³/mol. The summed E-state index contributed by atoms with van der Waals surface area (Å²) < 4.78 is 24.6. The lowest BCUT2D eigenvalue weighted by Crippen LogP contribution is -2.28. The van der Waals surface area contributed by atoms with E-state index < -0.39 is 23.1 Å². The SMILES string of the molecule is CC(C)COC(=O)NCS(=O)[O-]. The third kappa shape index (κ3) is 7.49. The molecule has 0 aromatic heterocycles. The first-order chi connectivity index (χ1) is 5.52. The van der Waals surface area contributed by atoms with E-state index in [0.29, 0.717) is 0 Å². The maximum Gasteiger partial charge on any atom is 0.407 e. The van der Waals surface area contributed by atoms with Crippen molar-refractivity contribution >= 4 is 17.2 Å². The van der Waals surface area contributed by atoms with Crippen LogP contribution in [0.3, 0.4) is 0 Å². The van der Waals surface area contributed by atoms with E-state index in [1.54, 1.807) is 0 Å². The highest BCUT2D eigenvalue weighted by atomic mass is 32.2. The molecule has 0 radical (unpaired) electrons. The number of ether oxygens (including phenoxy) is 1. The molecule has 0 rings (SSSR count). The van der Waals surface area contributed by atoms with Gasteiger partial charge < -0.3 is 14.6 Å². The monoisotopic (exact) mass is 194 g/mol. The van der Waals surface area contributed by atoms with Gasteiger partial charge in [-0.2, -0.15) is 0 Å². The lowest BCUT2D eigenvalue weighted by molar-refractivity contribution is 0.134. The van der Waals surface area contributed by atoms with Gasteiger partial charge in [-0.1, -0.05) is 13.8 Å². The van der Waals surface area contributed by atoms with Crippen LogP contribution in [0.25, 0.3) is 0 Å². The van der Waals surface area contributed by atoms with Crippen molar-refractivity contribution in [2.75, 3.05) is 12.5 Å². The van der Waals surface area contributed by atoms with Crippen LogP contribution in [-0.4, -0.2) is 27.3 Å². The smallest absolute Gasteiger partial charge is 0.407 e. The number of amides is 1. The first-order valence-corrected chi connectivity index (χ1v) is 4.73. The van der Waals surface area contributed by atoms with Crippen LogP contribution in [0.1, 0.15) is 13.8 Å². The Labute approximate surface area is 73.8 Å². The molecule has 12 heavy (non-hydrogen) atoms. The third-order valence-electron chi connectivity index (χ3n) is 0.882. The molecular formula is C6H12NO4S-. The topological polar surface area (TPSA) is 78.5 Å². The highest BCUT2D eigenvalue weighted by Crippen LogP contribution is 1.92. The number of hydrogen-bond donors (Lipinski definition) is 1. The van der Waals surface area contributed by atoms with Gasteiger partial charge in [-0.25, -0.2) is 4.79 Å². The zero-order valence-electron chi connectivity index (χ0n) is 7.03. The molecule has 0 saturated carbocycles. The van der Waals surface area contributed by atoms with Gasteiger partial charge in [0.1, 0.15) is 0 Å². The molecule has 72 valence electrons. The number of nitrogens with one attached hydrogen (secondary N) is 1. The van der Waals surface area contributed by atoms with E-state index in [9.17, 15) is 13.6 Å². The van der Waals surface area contributed by atoms with Gasteiger partial charge >= 0.3 is 6.09 Å². The zero-order valence-corrected chi connectivity index (χ0v) is 7.85.